The van der Waals surface area contributed by atoms with E-state index >= 15 is 0 Å². The summed E-state index contributed by atoms with van der Waals surface area (Å²) in [6.45, 7) is 5.56. The van der Waals surface area contributed by atoms with Crippen molar-refractivity contribution in [2.24, 2.45) is 0 Å². The summed E-state index contributed by atoms with van der Waals surface area (Å²) in [6.07, 6.45) is 8.11. The van der Waals surface area contributed by atoms with Crippen molar-refractivity contribution in [1.82, 2.24) is 0 Å². The Labute approximate surface area is 175 Å². The van der Waals surface area contributed by atoms with Crippen molar-refractivity contribution in [1.29, 1.82) is 0 Å². The van der Waals surface area contributed by atoms with Crippen LogP contribution in [0.1, 0.15) is 58.8 Å². The van der Waals surface area contributed by atoms with E-state index in [9.17, 15) is 4.57 Å². The highest BCUT2D eigenvalue weighted by atomic mass is 31.2. The molecule has 0 amide bonds. The van der Waals surface area contributed by atoms with Gasteiger partial charge in [0.25, 0.3) is 0 Å². The van der Waals surface area contributed by atoms with E-state index < -0.39 is 7.82 Å². The zero-order valence-corrected chi connectivity index (χ0v) is 18.7. The zero-order chi connectivity index (χ0) is 20.8. The number of benzene rings is 2. The Kier molecular flexibility index (Phi) is 11.3. The van der Waals surface area contributed by atoms with E-state index in [1.165, 1.54) is 32.1 Å². The van der Waals surface area contributed by atoms with Crippen molar-refractivity contribution in [3.8, 4) is 5.75 Å². The topological polar surface area (TPSA) is 54.0 Å². The molecule has 5 nitrogen and oxygen atoms in total. The highest BCUT2D eigenvalue weighted by Crippen LogP contribution is 2.50. The molecule has 2 aromatic carbocycles. The Morgan fingerprint density at radius 2 is 1.45 bits per heavy atom. The molecule has 0 N–H and O–H groups in total. The third kappa shape index (κ3) is 8.88. The van der Waals surface area contributed by atoms with Crippen molar-refractivity contribution in [3.05, 3.63) is 42.5 Å². The summed E-state index contributed by atoms with van der Waals surface area (Å²) in [7, 11) is -3.73. The number of hydrogen-bond donors (Lipinski definition) is 0. The first-order valence-corrected chi connectivity index (χ1v) is 12.3. The summed E-state index contributed by atoms with van der Waals surface area (Å²) in [5.74, 6) is 0.502. The van der Waals surface area contributed by atoms with Gasteiger partial charge < -0.3 is 9.26 Å². The van der Waals surface area contributed by atoms with Gasteiger partial charge in [-0.25, -0.2) is 4.57 Å². The highest BCUT2D eigenvalue weighted by molar-refractivity contribution is 7.48. The Bertz CT molecular complexity index is 744. The predicted molar refractivity (Wildman–Crippen MR) is 119 cm³/mol. The Morgan fingerprint density at radius 1 is 0.759 bits per heavy atom. The summed E-state index contributed by atoms with van der Waals surface area (Å²) in [6, 6.07) is 13.5. The molecule has 0 fully saturated rings. The Hall–Kier alpha value is -1.39. The summed E-state index contributed by atoms with van der Waals surface area (Å²) < 4.78 is 35.5. The van der Waals surface area contributed by atoms with Gasteiger partial charge in [-0.2, -0.15) is 0 Å². The molecular weight excluding hydrogens is 387 g/mol. The van der Waals surface area contributed by atoms with Crippen molar-refractivity contribution < 1.29 is 22.9 Å². The summed E-state index contributed by atoms with van der Waals surface area (Å²) in [5, 5.41) is 1.89. The zero-order valence-electron chi connectivity index (χ0n) is 17.8. The van der Waals surface area contributed by atoms with Gasteiger partial charge in [0.1, 0.15) is 5.75 Å². The third-order valence-corrected chi connectivity index (χ3v) is 6.06. The highest BCUT2D eigenvalue weighted by Gasteiger charge is 2.29. The third-order valence-electron chi connectivity index (χ3n) is 4.64. The van der Waals surface area contributed by atoms with Crippen LogP contribution in [0.4, 0.5) is 0 Å². The van der Waals surface area contributed by atoms with Gasteiger partial charge in [0.2, 0.25) is 0 Å². The van der Waals surface area contributed by atoms with Gasteiger partial charge in [-0.15, -0.1) is 0 Å². The molecule has 6 heteroatoms. The second-order valence-corrected chi connectivity index (χ2v) is 8.59. The van der Waals surface area contributed by atoms with Crippen LogP contribution in [-0.4, -0.2) is 26.4 Å². The number of ether oxygens (including phenoxy) is 1. The van der Waals surface area contributed by atoms with E-state index in [4.69, 9.17) is 18.3 Å². The van der Waals surface area contributed by atoms with E-state index in [2.05, 4.69) is 6.92 Å². The fourth-order valence-corrected chi connectivity index (χ4v) is 4.30. The normalized spacial score (nSPS) is 13.4. The maximum absolute atomic E-state index is 13.2. The van der Waals surface area contributed by atoms with Crippen LogP contribution in [0.3, 0.4) is 0 Å². The smallest absolute Gasteiger partial charge is 0.403 e. The predicted octanol–water partition coefficient (Wildman–Crippen LogP) is 7.15. The van der Waals surface area contributed by atoms with Crippen LogP contribution >= 0.6 is 7.82 Å². The first-order chi connectivity index (χ1) is 14.2. The number of unbranched alkanes of at least 4 members (excludes halogenated alkanes) is 6. The first-order valence-electron chi connectivity index (χ1n) is 10.8. The summed E-state index contributed by atoms with van der Waals surface area (Å²) in [5.41, 5.74) is 0. The standard InChI is InChI=1S/C23H35O5P/c1-3-5-6-7-8-9-12-18-26-29(24,27-20-19-25-4-2)28-23-17-13-15-21-14-10-11-16-22(21)23/h10-11,13-17H,3-9,12,18-20H2,1-2H3. The molecule has 0 aliphatic carbocycles. The van der Waals surface area contributed by atoms with Gasteiger partial charge >= 0.3 is 7.82 Å². The molecule has 0 saturated heterocycles. The lowest BCUT2D eigenvalue weighted by molar-refractivity contribution is 0.0847. The van der Waals surface area contributed by atoms with Crippen molar-refractivity contribution >= 4 is 18.6 Å². The fourth-order valence-electron chi connectivity index (χ4n) is 3.07. The van der Waals surface area contributed by atoms with Crippen LogP contribution < -0.4 is 4.52 Å². The Morgan fingerprint density at radius 3 is 2.24 bits per heavy atom. The molecule has 0 saturated carbocycles. The van der Waals surface area contributed by atoms with Gasteiger partial charge in [-0.05, 0) is 24.8 Å². The molecule has 0 aromatic heterocycles. The molecule has 0 radical (unpaired) electrons. The quantitative estimate of drug-likeness (QED) is 0.212. The lowest BCUT2D eigenvalue weighted by Crippen LogP contribution is -2.09. The van der Waals surface area contributed by atoms with Gasteiger partial charge in [0.05, 0.1) is 19.8 Å². The van der Waals surface area contributed by atoms with Crippen LogP contribution in [0, 0.1) is 0 Å². The van der Waals surface area contributed by atoms with E-state index in [1.54, 1.807) is 6.07 Å². The molecule has 2 rings (SSSR count). The average molecular weight is 423 g/mol. The van der Waals surface area contributed by atoms with Gasteiger partial charge in [-0.1, -0.05) is 81.8 Å². The molecule has 0 spiro atoms. The molecule has 1 atom stereocenters. The van der Waals surface area contributed by atoms with E-state index in [0.717, 1.165) is 23.6 Å². The van der Waals surface area contributed by atoms with Crippen LogP contribution in [0.25, 0.3) is 10.8 Å². The minimum Gasteiger partial charge on any atom is -0.403 e. The minimum atomic E-state index is -3.73. The molecule has 162 valence electrons. The first kappa shape index (κ1) is 23.9. The molecule has 29 heavy (non-hydrogen) atoms. The van der Waals surface area contributed by atoms with E-state index in [1.807, 2.05) is 43.3 Å². The molecule has 1 unspecified atom stereocenters. The molecule has 0 aliphatic rings. The number of phosphoric ester groups is 1. The van der Waals surface area contributed by atoms with Gasteiger partial charge in [-0.3, -0.25) is 9.05 Å². The lowest BCUT2D eigenvalue weighted by Gasteiger charge is -2.19. The Balaban J connectivity index is 1.93. The fraction of sp³-hybridized carbons (Fsp3) is 0.565. The molecule has 0 heterocycles. The monoisotopic (exact) mass is 422 g/mol. The second kappa shape index (κ2) is 13.8. The minimum absolute atomic E-state index is 0.160. The van der Waals surface area contributed by atoms with Crippen LogP contribution in [0.5, 0.6) is 5.75 Å². The molecule has 2 aromatic rings. The SMILES string of the molecule is CCCCCCCCCOP(=O)(OCCOCC)Oc1cccc2ccccc12. The number of phosphoric acid groups is 1. The maximum Gasteiger partial charge on any atom is 0.530 e. The van der Waals surface area contributed by atoms with Crippen LogP contribution in [0.15, 0.2) is 42.5 Å². The summed E-state index contributed by atoms with van der Waals surface area (Å²) >= 11 is 0. The van der Waals surface area contributed by atoms with Gasteiger partial charge in [0.15, 0.2) is 0 Å². The summed E-state index contributed by atoms with van der Waals surface area (Å²) in [4.78, 5) is 0. The van der Waals surface area contributed by atoms with Crippen molar-refractivity contribution in [3.63, 3.8) is 0 Å². The number of fused-ring (bicyclic) bond motifs is 1. The molecular formula is C23H35O5P. The molecule has 0 bridgehead atoms. The van der Waals surface area contributed by atoms with Crippen molar-refractivity contribution in [2.45, 2.75) is 58.8 Å². The lowest BCUT2D eigenvalue weighted by atomic mass is 10.1. The molecule has 0 aliphatic heterocycles. The number of rotatable bonds is 16. The van der Waals surface area contributed by atoms with Crippen molar-refractivity contribution in [2.75, 3.05) is 26.4 Å². The largest absolute Gasteiger partial charge is 0.530 e. The van der Waals surface area contributed by atoms with Gasteiger partial charge in [0, 0.05) is 12.0 Å². The number of hydrogen-bond acceptors (Lipinski definition) is 5. The second-order valence-electron chi connectivity index (χ2n) is 7.00. The van der Waals surface area contributed by atoms with Crippen LogP contribution in [-0.2, 0) is 18.3 Å². The van der Waals surface area contributed by atoms with E-state index in [0.29, 0.717) is 25.6 Å². The average Bonchev–Trinajstić information content (AvgIpc) is 2.74. The van der Waals surface area contributed by atoms with E-state index in [-0.39, 0.29) is 6.61 Å². The maximum atomic E-state index is 13.2. The van der Waals surface area contributed by atoms with Crippen LogP contribution in [0.2, 0.25) is 0 Å².